The number of aromatic nitrogens is 2. The van der Waals surface area contributed by atoms with Crippen LogP contribution in [-0.4, -0.2) is 28.3 Å². The van der Waals surface area contributed by atoms with Gasteiger partial charge in [0.05, 0.1) is 11.9 Å². The Labute approximate surface area is 214 Å². The molecule has 0 unspecified atom stereocenters. The smallest absolute Gasteiger partial charge is 0.109 e. The largest absolute Gasteiger partial charge is 0.342 e. The van der Waals surface area contributed by atoms with Gasteiger partial charge in [-0.05, 0) is 85.0 Å². The highest BCUT2D eigenvalue weighted by Crippen LogP contribution is 2.37. The van der Waals surface area contributed by atoms with Crippen LogP contribution in [0.5, 0.6) is 0 Å². The fourth-order valence-electron chi connectivity index (χ4n) is 5.79. The number of hydrogen-bond donors (Lipinski definition) is 2. The first-order chi connectivity index (χ1) is 17.6. The van der Waals surface area contributed by atoms with Crippen LogP contribution in [-0.2, 0) is 0 Å². The van der Waals surface area contributed by atoms with E-state index in [2.05, 4.69) is 89.5 Å². The molecule has 4 atom stereocenters. The van der Waals surface area contributed by atoms with Crippen LogP contribution in [0.15, 0.2) is 65.9 Å². The minimum atomic E-state index is 0.441. The molecular weight excluding hydrogens is 440 g/mol. The Bertz CT molecular complexity index is 1350. The zero-order chi connectivity index (χ0) is 24.5. The number of nitrogens with one attached hydrogen (secondary N) is 2. The number of H-pyrrole nitrogens is 1. The van der Waals surface area contributed by atoms with Crippen molar-refractivity contribution in [1.29, 1.82) is 0 Å². The monoisotopic (exact) mass is 474 g/mol. The average Bonchev–Trinajstić information content (AvgIpc) is 3.70. The molecule has 0 radical (unpaired) electrons. The van der Waals surface area contributed by atoms with Gasteiger partial charge < -0.3 is 10.3 Å². The number of benzene rings is 2. The highest BCUT2D eigenvalue weighted by molar-refractivity contribution is 6.01. The van der Waals surface area contributed by atoms with Crippen molar-refractivity contribution in [2.24, 2.45) is 16.8 Å². The third-order valence-corrected chi connectivity index (χ3v) is 7.99. The zero-order valence-electron chi connectivity index (χ0n) is 21.2. The molecule has 4 heteroatoms. The lowest BCUT2D eigenvalue weighted by atomic mass is 9.97. The second-order valence-electron chi connectivity index (χ2n) is 11.0. The van der Waals surface area contributed by atoms with Gasteiger partial charge in [-0.3, -0.25) is 4.99 Å². The van der Waals surface area contributed by atoms with Crippen molar-refractivity contribution in [2.45, 2.75) is 57.9 Å². The van der Waals surface area contributed by atoms with Crippen LogP contribution >= 0.6 is 0 Å². The van der Waals surface area contributed by atoms with Gasteiger partial charge in [0.25, 0.3) is 0 Å². The third-order valence-electron chi connectivity index (χ3n) is 7.99. The minimum Gasteiger partial charge on any atom is -0.342 e. The Morgan fingerprint density at radius 1 is 0.833 bits per heavy atom. The van der Waals surface area contributed by atoms with Gasteiger partial charge in [0.2, 0.25) is 0 Å². The first-order valence-corrected chi connectivity index (χ1v) is 13.4. The summed E-state index contributed by atoms with van der Waals surface area (Å²) in [4.78, 5) is 12.9. The molecule has 1 aromatic heterocycles. The van der Waals surface area contributed by atoms with Crippen molar-refractivity contribution >= 4 is 11.3 Å². The Kier molecular flexibility index (Phi) is 6.34. The number of allylic oxidation sites excluding steroid dienone is 1. The van der Waals surface area contributed by atoms with Crippen LogP contribution in [0.2, 0.25) is 0 Å². The van der Waals surface area contributed by atoms with E-state index in [1.807, 2.05) is 12.4 Å². The molecule has 1 aliphatic carbocycles. The van der Waals surface area contributed by atoms with Gasteiger partial charge in [0, 0.05) is 41.4 Å². The first kappa shape index (κ1) is 23.0. The van der Waals surface area contributed by atoms with Crippen LogP contribution in [0.1, 0.15) is 74.4 Å². The first-order valence-electron chi connectivity index (χ1n) is 13.4. The summed E-state index contributed by atoms with van der Waals surface area (Å²) in [6.45, 7) is 5.74. The van der Waals surface area contributed by atoms with Gasteiger partial charge in [0.1, 0.15) is 5.82 Å². The topological polar surface area (TPSA) is 53.1 Å². The molecular formula is C32H34N4. The SMILES string of the molecule is C[C@H]1CC[C@H](c2ncc(-c3ccc(C#Cc4ccc(C5=CN=C([C@@H]6C[C@@H](C)CN6)C5)cc4)cc3)[nH]2)C1. The molecule has 36 heavy (non-hydrogen) atoms. The summed E-state index contributed by atoms with van der Waals surface area (Å²) in [6, 6.07) is 17.5. The number of imidazole rings is 1. The van der Waals surface area contributed by atoms with E-state index in [1.165, 1.54) is 42.5 Å². The van der Waals surface area contributed by atoms with E-state index in [1.54, 1.807) is 0 Å². The van der Waals surface area contributed by atoms with Crippen molar-refractivity contribution in [3.8, 4) is 23.1 Å². The van der Waals surface area contributed by atoms with Crippen molar-refractivity contribution in [1.82, 2.24) is 15.3 Å². The number of aromatic amines is 1. The van der Waals surface area contributed by atoms with Crippen molar-refractivity contribution in [3.05, 3.63) is 83.4 Å². The van der Waals surface area contributed by atoms with Crippen molar-refractivity contribution in [2.75, 3.05) is 6.54 Å². The Hall–Kier alpha value is -3.42. The van der Waals surface area contributed by atoms with Crippen LogP contribution < -0.4 is 5.32 Å². The van der Waals surface area contributed by atoms with E-state index in [4.69, 9.17) is 4.99 Å². The van der Waals surface area contributed by atoms with Gasteiger partial charge in [-0.15, -0.1) is 0 Å². The number of hydrogen-bond acceptors (Lipinski definition) is 3. The standard InChI is InChI=1S/C32H34N4/c1-21-3-10-27(15-21)32-35-20-31(36-32)26-13-8-24(9-14-26)5-4-23-6-11-25(12-7-23)28-17-30(34-19-28)29-16-22(2)18-33-29/h6-9,11-14,19-22,27,29,33H,3,10,15-18H2,1-2H3,(H,35,36)/t21-,22+,27-,29-/m0/s1. The molecule has 3 aromatic rings. The van der Waals surface area contributed by atoms with Gasteiger partial charge in [-0.1, -0.05) is 50.0 Å². The van der Waals surface area contributed by atoms with E-state index in [0.717, 1.165) is 53.0 Å². The van der Waals surface area contributed by atoms with Crippen LogP contribution in [0.3, 0.4) is 0 Å². The van der Waals surface area contributed by atoms with E-state index >= 15 is 0 Å². The van der Waals surface area contributed by atoms with Crippen LogP contribution in [0.25, 0.3) is 16.8 Å². The predicted molar refractivity (Wildman–Crippen MR) is 148 cm³/mol. The molecule has 3 aliphatic rings. The Morgan fingerprint density at radius 2 is 1.56 bits per heavy atom. The maximum absolute atomic E-state index is 4.72. The molecule has 1 saturated carbocycles. The highest BCUT2D eigenvalue weighted by Gasteiger charge is 2.27. The maximum Gasteiger partial charge on any atom is 0.109 e. The van der Waals surface area contributed by atoms with Gasteiger partial charge in [0.15, 0.2) is 0 Å². The van der Waals surface area contributed by atoms with E-state index in [9.17, 15) is 0 Å². The van der Waals surface area contributed by atoms with Crippen LogP contribution in [0.4, 0.5) is 0 Å². The molecule has 3 heterocycles. The van der Waals surface area contributed by atoms with E-state index in [0.29, 0.717) is 12.0 Å². The zero-order valence-corrected chi connectivity index (χ0v) is 21.2. The quantitative estimate of drug-likeness (QED) is 0.421. The van der Waals surface area contributed by atoms with Gasteiger partial charge in [-0.25, -0.2) is 4.98 Å². The predicted octanol–water partition coefficient (Wildman–Crippen LogP) is 6.56. The fraction of sp³-hybridized carbons (Fsp3) is 0.375. The number of aliphatic imine (C=N–C) groups is 1. The normalized spacial score (nSPS) is 25.4. The van der Waals surface area contributed by atoms with E-state index in [-0.39, 0.29) is 0 Å². The van der Waals surface area contributed by atoms with Gasteiger partial charge >= 0.3 is 0 Å². The highest BCUT2D eigenvalue weighted by atomic mass is 15.0. The number of nitrogens with zero attached hydrogens (tertiary/aromatic N) is 2. The lowest BCUT2D eigenvalue weighted by Crippen LogP contribution is -2.29. The molecule has 4 nitrogen and oxygen atoms in total. The summed E-state index contributed by atoms with van der Waals surface area (Å²) >= 11 is 0. The summed E-state index contributed by atoms with van der Waals surface area (Å²) in [5.41, 5.74) is 8.10. The maximum atomic E-state index is 4.72. The lowest BCUT2D eigenvalue weighted by Gasteiger charge is -2.11. The Balaban J connectivity index is 1.07. The summed E-state index contributed by atoms with van der Waals surface area (Å²) in [6.07, 6.45) is 9.94. The molecule has 2 N–H and O–H groups in total. The fourth-order valence-corrected chi connectivity index (χ4v) is 5.79. The van der Waals surface area contributed by atoms with E-state index < -0.39 is 0 Å². The third kappa shape index (κ3) is 4.94. The number of rotatable bonds is 4. The van der Waals surface area contributed by atoms with Crippen molar-refractivity contribution in [3.63, 3.8) is 0 Å². The molecule has 2 fully saturated rings. The lowest BCUT2D eigenvalue weighted by molar-refractivity contribution is 0.588. The molecule has 2 aliphatic heterocycles. The van der Waals surface area contributed by atoms with Gasteiger partial charge in [-0.2, -0.15) is 0 Å². The molecule has 1 saturated heterocycles. The summed E-state index contributed by atoms with van der Waals surface area (Å²) in [5, 5.41) is 3.60. The molecule has 0 spiro atoms. The molecule has 0 amide bonds. The summed E-state index contributed by atoms with van der Waals surface area (Å²) < 4.78 is 0. The Morgan fingerprint density at radius 3 is 2.19 bits per heavy atom. The summed E-state index contributed by atoms with van der Waals surface area (Å²) in [5.74, 6) is 9.89. The second kappa shape index (κ2) is 9.91. The summed E-state index contributed by atoms with van der Waals surface area (Å²) in [7, 11) is 0. The van der Waals surface area contributed by atoms with Crippen LogP contribution in [0, 0.1) is 23.7 Å². The molecule has 2 aromatic carbocycles. The molecule has 0 bridgehead atoms. The average molecular weight is 475 g/mol. The molecule has 182 valence electrons. The molecule has 6 rings (SSSR count). The minimum absolute atomic E-state index is 0.441. The second-order valence-corrected chi connectivity index (χ2v) is 11.0. The van der Waals surface area contributed by atoms with Crippen molar-refractivity contribution < 1.29 is 0 Å².